The van der Waals surface area contributed by atoms with E-state index in [9.17, 15) is 0 Å². The highest BCUT2D eigenvalue weighted by Gasteiger charge is 1.87. The minimum atomic E-state index is 0. The van der Waals surface area contributed by atoms with E-state index in [-0.39, 0.29) is 4.70 Å². The fourth-order valence-corrected chi connectivity index (χ4v) is 0.802. The van der Waals surface area contributed by atoms with Crippen molar-refractivity contribution in [3.05, 3.63) is 35.9 Å². The van der Waals surface area contributed by atoms with Crippen LogP contribution in [-0.4, -0.2) is 6.61 Å². The van der Waals surface area contributed by atoms with Crippen LogP contribution in [0.4, 0.5) is 4.70 Å². The molecule has 0 amide bonds. The van der Waals surface area contributed by atoms with Gasteiger partial charge in [-0.1, -0.05) is 36.3 Å². The van der Waals surface area contributed by atoms with E-state index in [2.05, 4.69) is 5.92 Å². The van der Waals surface area contributed by atoms with Crippen LogP contribution in [0, 0.1) is 12.3 Å². The molecule has 0 aliphatic heterocycles. The molecule has 2 heteroatoms. The molecule has 0 saturated carbocycles. The zero-order chi connectivity index (χ0) is 7.94. The van der Waals surface area contributed by atoms with Gasteiger partial charge in [-0.3, -0.25) is 4.70 Å². The van der Waals surface area contributed by atoms with Gasteiger partial charge in [0.1, 0.15) is 6.61 Å². The number of halogens is 1. The van der Waals surface area contributed by atoms with Gasteiger partial charge in [-0.15, -0.1) is 6.42 Å². The summed E-state index contributed by atoms with van der Waals surface area (Å²) in [6.07, 6.45) is 5.02. The van der Waals surface area contributed by atoms with Crippen molar-refractivity contribution in [2.75, 3.05) is 6.61 Å². The van der Waals surface area contributed by atoms with Crippen molar-refractivity contribution in [2.45, 2.75) is 6.61 Å². The Morgan fingerprint density at radius 1 is 1.25 bits per heavy atom. The van der Waals surface area contributed by atoms with Crippen molar-refractivity contribution in [2.24, 2.45) is 0 Å². The van der Waals surface area contributed by atoms with Gasteiger partial charge in [0.25, 0.3) is 0 Å². The summed E-state index contributed by atoms with van der Waals surface area (Å²) in [5, 5.41) is 0. The summed E-state index contributed by atoms with van der Waals surface area (Å²) in [7, 11) is 0. The van der Waals surface area contributed by atoms with Crippen LogP contribution in [0.3, 0.4) is 0 Å². The second-order valence-corrected chi connectivity index (χ2v) is 2.18. The molecule has 0 saturated heterocycles. The molecule has 0 N–H and O–H groups in total. The van der Waals surface area contributed by atoms with E-state index < -0.39 is 0 Å². The van der Waals surface area contributed by atoms with Crippen LogP contribution < -0.4 is 0 Å². The molecule has 0 radical (unpaired) electrons. The first-order valence-electron chi connectivity index (χ1n) is 3.48. The summed E-state index contributed by atoms with van der Waals surface area (Å²) in [6, 6.07) is 9.96. The first kappa shape index (κ1) is 10.7. The number of hydrogen-bond donors (Lipinski definition) is 0. The average Bonchev–Trinajstić information content (AvgIpc) is 2.07. The van der Waals surface area contributed by atoms with E-state index in [4.69, 9.17) is 11.2 Å². The van der Waals surface area contributed by atoms with E-state index in [1.807, 2.05) is 30.3 Å². The Bertz CT molecular complexity index is 238. The molecule has 0 bridgehead atoms. The summed E-state index contributed by atoms with van der Waals surface area (Å²) in [6.45, 7) is 0.986. The fraction of sp³-hybridized carbons (Fsp3) is 0.200. The minimum Gasteiger partial charge on any atom is -0.364 e. The maximum Gasteiger partial charge on any atom is 0.107 e. The molecule has 1 rings (SSSR count). The zero-order valence-corrected chi connectivity index (χ0v) is 6.69. The number of ether oxygens (including phenoxy) is 1. The van der Waals surface area contributed by atoms with Gasteiger partial charge < -0.3 is 4.74 Å². The summed E-state index contributed by atoms with van der Waals surface area (Å²) >= 11 is 0. The highest BCUT2D eigenvalue weighted by molar-refractivity contribution is 5.13. The van der Waals surface area contributed by atoms with Crippen LogP contribution in [-0.2, 0) is 11.3 Å². The van der Waals surface area contributed by atoms with Crippen molar-refractivity contribution in [3.8, 4) is 12.3 Å². The standard InChI is InChI=1S/C10H10O.FH/c1-2-8-11-9-10-6-4-3-5-7-10;/h1,3-7H,8-9H2;1H. The lowest BCUT2D eigenvalue weighted by Gasteiger charge is -1.98. The Hall–Kier alpha value is -1.33. The molecule has 0 aromatic heterocycles. The number of rotatable bonds is 3. The largest absolute Gasteiger partial charge is 0.364 e. The van der Waals surface area contributed by atoms with Crippen LogP contribution in [0.2, 0.25) is 0 Å². The molecule has 0 spiro atoms. The Morgan fingerprint density at radius 3 is 2.50 bits per heavy atom. The maximum absolute atomic E-state index is 5.13. The third-order valence-electron chi connectivity index (χ3n) is 1.30. The smallest absolute Gasteiger partial charge is 0.107 e. The van der Waals surface area contributed by atoms with Crippen LogP contribution in [0.15, 0.2) is 30.3 Å². The minimum absolute atomic E-state index is 0. The molecule has 1 aromatic carbocycles. The van der Waals surface area contributed by atoms with Gasteiger partial charge in [-0.25, -0.2) is 0 Å². The molecule has 0 unspecified atom stereocenters. The molecule has 1 aromatic rings. The molecule has 12 heavy (non-hydrogen) atoms. The topological polar surface area (TPSA) is 9.23 Å². The molecule has 0 aliphatic rings. The molecular weight excluding hydrogens is 155 g/mol. The van der Waals surface area contributed by atoms with E-state index in [1.54, 1.807) is 0 Å². The maximum atomic E-state index is 5.13. The third kappa shape index (κ3) is 3.75. The van der Waals surface area contributed by atoms with Crippen molar-refractivity contribution < 1.29 is 9.44 Å². The first-order chi connectivity index (χ1) is 5.43. The summed E-state index contributed by atoms with van der Waals surface area (Å²) < 4.78 is 5.13. The average molecular weight is 166 g/mol. The van der Waals surface area contributed by atoms with E-state index in [0.717, 1.165) is 5.56 Å². The van der Waals surface area contributed by atoms with Gasteiger partial charge in [0, 0.05) is 0 Å². The van der Waals surface area contributed by atoms with Gasteiger partial charge in [0.2, 0.25) is 0 Å². The summed E-state index contributed by atoms with van der Waals surface area (Å²) in [5.41, 5.74) is 1.16. The summed E-state index contributed by atoms with van der Waals surface area (Å²) in [4.78, 5) is 0. The molecule has 0 atom stereocenters. The predicted octanol–water partition coefficient (Wildman–Crippen LogP) is 1.99. The normalized spacial score (nSPS) is 8.25. The predicted molar refractivity (Wildman–Crippen MR) is 47.4 cm³/mol. The van der Waals surface area contributed by atoms with Gasteiger partial charge in [-0.2, -0.15) is 0 Å². The van der Waals surface area contributed by atoms with E-state index in [0.29, 0.717) is 13.2 Å². The molecule has 0 fully saturated rings. The Morgan fingerprint density at radius 2 is 1.92 bits per heavy atom. The van der Waals surface area contributed by atoms with Crippen molar-refractivity contribution >= 4 is 0 Å². The van der Waals surface area contributed by atoms with Crippen molar-refractivity contribution in [1.29, 1.82) is 0 Å². The Balaban J connectivity index is 0.00000121. The molecule has 1 nitrogen and oxygen atoms in total. The molecule has 0 aliphatic carbocycles. The second-order valence-electron chi connectivity index (χ2n) is 2.18. The lowest BCUT2D eigenvalue weighted by atomic mass is 10.2. The van der Waals surface area contributed by atoms with Crippen LogP contribution in [0.25, 0.3) is 0 Å². The monoisotopic (exact) mass is 166 g/mol. The van der Waals surface area contributed by atoms with E-state index >= 15 is 0 Å². The van der Waals surface area contributed by atoms with Crippen molar-refractivity contribution in [1.82, 2.24) is 0 Å². The van der Waals surface area contributed by atoms with Gasteiger partial charge >= 0.3 is 0 Å². The molecule has 64 valence electrons. The van der Waals surface area contributed by atoms with E-state index in [1.165, 1.54) is 0 Å². The Labute approximate surface area is 71.7 Å². The number of hydrogen-bond acceptors (Lipinski definition) is 1. The number of terminal acetylenes is 1. The first-order valence-corrected chi connectivity index (χ1v) is 3.48. The Kier molecular flexibility index (Phi) is 5.68. The van der Waals surface area contributed by atoms with Crippen LogP contribution >= 0.6 is 0 Å². The second kappa shape index (κ2) is 6.38. The van der Waals surface area contributed by atoms with Crippen LogP contribution in [0.5, 0.6) is 0 Å². The van der Waals surface area contributed by atoms with Gasteiger partial charge in [0.15, 0.2) is 0 Å². The lowest BCUT2D eigenvalue weighted by Crippen LogP contribution is -1.91. The molecular formula is C10H11FO. The molecule has 0 heterocycles. The number of benzene rings is 1. The third-order valence-corrected chi connectivity index (χ3v) is 1.30. The lowest BCUT2D eigenvalue weighted by molar-refractivity contribution is 0.153. The SMILES string of the molecule is C#CCOCc1ccccc1.F. The highest BCUT2D eigenvalue weighted by atomic mass is 19.0. The summed E-state index contributed by atoms with van der Waals surface area (Å²) in [5.74, 6) is 2.42. The van der Waals surface area contributed by atoms with Gasteiger partial charge in [0.05, 0.1) is 6.61 Å². The van der Waals surface area contributed by atoms with Crippen LogP contribution in [0.1, 0.15) is 5.56 Å². The quantitative estimate of drug-likeness (QED) is 0.493. The van der Waals surface area contributed by atoms with Crippen molar-refractivity contribution in [3.63, 3.8) is 0 Å². The fourth-order valence-electron chi connectivity index (χ4n) is 0.802. The van der Waals surface area contributed by atoms with Gasteiger partial charge in [-0.05, 0) is 5.56 Å². The highest BCUT2D eigenvalue weighted by Crippen LogP contribution is 1.99. The zero-order valence-electron chi connectivity index (χ0n) is 6.69.